The number of carbonyl (C=O) groups is 1. The standard InChI is InChI=1S/C24H27N5OS/c1-16(19-7-6-17-4-2-3-5-20(17)14-19)26-22(30)15-31-24-28-27-23(29(24)21-8-9-21)18-10-12-25-13-11-18/h6-7,10-14,16,21H,2-5,8-9,15H2,1H3,(H,26,30)/t16-/m1/s1. The Morgan fingerprint density at radius 3 is 2.68 bits per heavy atom. The average Bonchev–Trinajstić information content (AvgIpc) is 3.56. The summed E-state index contributed by atoms with van der Waals surface area (Å²) in [6, 6.07) is 11.0. The van der Waals surface area contributed by atoms with Gasteiger partial charge in [-0.25, -0.2) is 0 Å². The number of benzene rings is 1. The predicted octanol–water partition coefficient (Wildman–Crippen LogP) is 4.52. The largest absolute Gasteiger partial charge is 0.349 e. The number of thioether (sulfide) groups is 1. The van der Waals surface area contributed by atoms with Gasteiger partial charge in [-0.1, -0.05) is 30.0 Å². The van der Waals surface area contributed by atoms with Crippen molar-refractivity contribution in [1.82, 2.24) is 25.1 Å². The Labute approximate surface area is 186 Å². The van der Waals surface area contributed by atoms with Crippen molar-refractivity contribution in [2.75, 3.05) is 5.75 Å². The minimum atomic E-state index is -0.00555. The number of aryl methyl sites for hydroxylation is 2. The number of aromatic nitrogens is 4. The van der Waals surface area contributed by atoms with Crippen LogP contribution in [0.15, 0.2) is 47.9 Å². The van der Waals surface area contributed by atoms with Gasteiger partial charge in [0.2, 0.25) is 5.91 Å². The molecule has 2 aromatic heterocycles. The van der Waals surface area contributed by atoms with Crippen LogP contribution in [0.4, 0.5) is 0 Å². The zero-order valence-corrected chi connectivity index (χ0v) is 18.6. The van der Waals surface area contributed by atoms with Crippen LogP contribution in [0.25, 0.3) is 11.4 Å². The van der Waals surface area contributed by atoms with Gasteiger partial charge in [-0.15, -0.1) is 10.2 Å². The summed E-state index contributed by atoms with van der Waals surface area (Å²) in [6.45, 7) is 2.06. The lowest BCUT2D eigenvalue weighted by molar-refractivity contribution is -0.119. The van der Waals surface area contributed by atoms with Gasteiger partial charge in [-0.2, -0.15) is 0 Å². The number of rotatable bonds is 7. The average molecular weight is 434 g/mol. The summed E-state index contributed by atoms with van der Waals surface area (Å²) in [5.41, 5.74) is 5.10. The van der Waals surface area contributed by atoms with Gasteiger partial charge in [-0.3, -0.25) is 14.3 Å². The Bertz CT molecular complexity index is 1080. The lowest BCUT2D eigenvalue weighted by atomic mass is 9.89. The van der Waals surface area contributed by atoms with E-state index in [1.165, 1.54) is 47.7 Å². The van der Waals surface area contributed by atoms with Gasteiger partial charge in [0.05, 0.1) is 11.8 Å². The van der Waals surface area contributed by atoms with E-state index in [-0.39, 0.29) is 11.9 Å². The summed E-state index contributed by atoms with van der Waals surface area (Å²) in [4.78, 5) is 16.8. The molecule has 1 amide bonds. The maximum atomic E-state index is 12.7. The summed E-state index contributed by atoms with van der Waals surface area (Å²) in [7, 11) is 0. The van der Waals surface area contributed by atoms with Crippen LogP contribution < -0.4 is 5.32 Å². The maximum Gasteiger partial charge on any atom is 0.230 e. The van der Waals surface area contributed by atoms with Crippen LogP contribution in [-0.4, -0.2) is 31.4 Å². The fraction of sp³-hybridized carbons (Fsp3) is 0.417. The maximum absolute atomic E-state index is 12.7. The highest BCUT2D eigenvalue weighted by Crippen LogP contribution is 2.41. The SMILES string of the molecule is C[C@@H](NC(=O)CSc1nnc(-c2ccncc2)n1C1CC1)c1ccc2c(c1)CCCC2. The van der Waals surface area contributed by atoms with Crippen LogP contribution in [-0.2, 0) is 17.6 Å². The van der Waals surface area contributed by atoms with Crippen LogP contribution in [0, 0.1) is 0 Å². The molecule has 0 saturated heterocycles. The highest BCUT2D eigenvalue weighted by Gasteiger charge is 2.30. The summed E-state index contributed by atoms with van der Waals surface area (Å²) < 4.78 is 2.18. The van der Waals surface area contributed by atoms with Crippen molar-refractivity contribution in [3.8, 4) is 11.4 Å². The van der Waals surface area contributed by atoms with E-state index in [4.69, 9.17) is 0 Å². The molecule has 0 unspecified atom stereocenters. The molecule has 0 spiro atoms. The van der Waals surface area contributed by atoms with E-state index in [0.29, 0.717) is 11.8 Å². The second-order valence-corrected chi connectivity index (χ2v) is 9.40. The molecular formula is C24H27N5OS. The number of pyridine rings is 1. The predicted molar refractivity (Wildman–Crippen MR) is 122 cm³/mol. The van der Waals surface area contributed by atoms with Crippen LogP contribution in [0.2, 0.25) is 0 Å². The summed E-state index contributed by atoms with van der Waals surface area (Å²) in [5.74, 6) is 1.21. The van der Waals surface area contributed by atoms with E-state index in [1.807, 2.05) is 12.1 Å². The molecule has 1 aromatic carbocycles. The third-order valence-electron chi connectivity index (χ3n) is 6.10. The molecule has 31 heavy (non-hydrogen) atoms. The molecule has 1 atom stereocenters. The first-order valence-corrected chi connectivity index (χ1v) is 12.1. The number of nitrogens with one attached hydrogen (secondary N) is 1. The number of nitrogens with zero attached hydrogens (tertiary/aromatic N) is 4. The number of hydrogen-bond donors (Lipinski definition) is 1. The van der Waals surface area contributed by atoms with Gasteiger partial charge in [0, 0.05) is 24.0 Å². The highest BCUT2D eigenvalue weighted by atomic mass is 32.2. The van der Waals surface area contributed by atoms with E-state index in [0.717, 1.165) is 35.8 Å². The monoisotopic (exact) mass is 433 g/mol. The fourth-order valence-electron chi connectivity index (χ4n) is 4.25. The molecule has 0 radical (unpaired) electrons. The first kappa shape index (κ1) is 20.2. The zero-order chi connectivity index (χ0) is 21.2. The van der Waals surface area contributed by atoms with Gasteiger partial charge >= 0.3 is 0 Å². The normalized spacial score (nSPS) is 16.5. The molecule has 5 rings (SSSR count). The third-order valence-corrected chi connectivity index (χ3v) is 7.04. The van der Waals surface area contributed by atoms with Crippen LogP contribution >= 0.6 is 11.8 Å². The van der Waals surface area contributed by atoms with Gasteiger partial charge in [-0.05, 0) is 74.3 Å². The minimum Gasteiger partial charge on any atom is -0.349 e. The molecule has 6 nitrogen and oxygen atoms in total. The Hall–Kier alpha value is -2.67. The smallest absolute Gasteiger partial charge is 0.230 e. The quantitative estimate of drug-likeness (QED) is 0.555. The summed E-state index contributed by atoms with van der Waals surface area (Å²) in [5, 5.41) is 12.8. The summed E-state index contributed by atoms with van der Waals surface area (Å²) >= 11 is 1.46. The fourth-order valence-corrected chi connectivity index (χ4v) is 5.07. The van der Waals surface area contributed by atoms with E-state index < -0.39 is 0 Å². The molecular weight excluding hydrogens is 406 g/mol. The number of amides is 1. The highest BCUT2D eigenvalue weighted by molar-refractivity contribution is 7.99. The molecule has 1 N–H and O–H groups in total. The zero-order valence-electron chi connectivity index (χ0n) is 17.8. The van der Waals surface area contributed by atoms with E-state index in [2.05, 4.69) is 50.2 Å². The Morgan fingerprint density at radius 1 is 1.13 bits per heavy atom. The second-order valence-electron chi connectivity index (χ2n) is 8.46. The van der Waals surface area contributed by atoms with Gasteiger partial charge in [0.1, 0.15) is 0 Å². The molecule has 7 heteroatoms. The first-order chi connectivity index (χ1) is 15.2. The van der Waals surface area contributed by atoms with Crippen molar-refractivity contribution < 1.29 is 4.79 Å². The van der Waals surface area contributed by atoms with Crippen molar-refractivity contribution in [2.45, 2.75) is 62.7 Å². The molecule has 0 bridgehead atoms. The molecule has 160 valence electrons. The minimum absolute atomic E-state index is 0.00555. The molecule has 1 fully saturated rings. The molecule has 2 aliphatic carbocycles. The van der Waals surface area contributed by atoms with E-state index >= 15 is 0 Å². The van der Waals surface area contributed by atoms with Crippen molar-refractivity contribution >= 4 is 17.7 Å². The first-order valence-electron chi connectivity index (χ1n) is 11.1. The van der Waals surface area contributed by atoms with Crippen molar-refractivity contribution in [3.63, 3.8) is 0 Å². The van der Waals surface area contributed by atoms with E-state index in [9.17, 15) is 4.79 Å². The van der Waals surface area contributed by atoms with Gasteiger partial charge < -0.3 is 5.32 Å². The van der Waals surface area contributed by atoms with Crippen LogP contribution in [0.5, 0.6) is 0 Å². The van der Waals surface area contributed by atoms with Crippen molar-refractivity contribution in [1.29, 1.82) is 0 Å². The van der Waals surface area contributed by atoms with Gasteiger partial charge in [0.25, 0.3) is 0 Å². The molecule has 1 saturated carbocycles. The number of fused-ring (bicyclic) bond motifs is 1. The third kappa shape index (κ3) is 4.51. The topological polar surface area (TPSA) is 72.7 Å². The Morgan fingerprint density at radius 2 is 1.90 bits per heavy atom. The number of carbonyl (C=O) groups excluding carboxylic acids is 1. The second kappa shape index (κ2) is 8.83. The molecule has 2 heterocycles. The van der Waals surface area contributed by atoms with Crippen molar-refractivity contribution in [2.24, 2.45) is 0 Å². The van der Waals surface area contributed by atoms with Crippen LogP contribution in [0.1, 0.15) is 61.4 Å². The Kier molecular flexibility index (Phi) is 5.76. The lowest BCUT2D eigenvalue weighted by Crippen LogP contribution is -2.28. The van der Waals surface area contributed by atoms with Gasteiger partial charge in [0.15, 0.2) is 11.0 Å². The lowest BCUT2D eigenvalue weighted by Gasteiger charge is -2.20. The molecule has 0 aliphatic heterocycles. The Balaban J connectivity index is 1.23. The van der Waals surface area contributed by atoms with Crippen LogP contribution in [0.3, 0.4) is 0 Å². The van der Waals surface area contributed by atoms with Crippen molar-refractivity contribution in [3.05, 3.63) is 59.4 Å². The summed E-state index contributed by atoms with van der Waals surface area (Å²) in [6.07, 6.45) is 10.7. The molecule has 3 aromatic rings. The molecule has 2 aliphatic rings. The number of hydrogen-bond acceptors (Lipinski definition) is 5. The van der Waals surface area contributed by atoms with E-state index in [1.54, 1.807) is 12.4 Å².